The SMILES string of the molecule is COC(=O)c1ccnc2ccc(N3CCC(F)(F)C[C@H]3C)cc12. The predicted molar refractivity (Wildman–Crippen MR) is 84.1 cm³/mol. The highest BCUT2D eigenvalue weighted by Crippen LogP contribution is 2.35. The first-order chi connectivity index (χ1) is 10.9. The van der Waals surface area contributed by atoms with E-state index in [0.717, 1.165) is 5.69 Å². The number of carbonyl (C=O) groups excluding carboxylic acids is 1. The topological polar surface area (TPSA) is 42.4 Å². The van der Waals surface area contributed by atoms with Gasteiger partial charge in [-0.15, -0.1) is 0 Å². The summed E-state index contributed by atoms with van der Waals surface area (Å²) in [6, 6.07) is 6.82. The molecule has 4 nitrogen and oxygen atoms in total. The summed E-state index contributed by atoms with van der Waals surface area (Å²) in [5, 5.41) is 0.668. The van der Waals surface area contributed by atoms with E-state index in [4.69, 9.17) is 4.74 Å². The number of hydrogen-bond donors (Lipinski definition) is 0. The summed E-state index contributed by atoms with van der Waals surface area (Å²) in [4.78, 5) is 18.1. The lowest BCUT2D eigenvalue weighted by molar-refractivity contribution is -0.0318. The molecular weight excluding hydrogens is 302 g/mol. The number of alkyl halides is 2. The number of hydrogen-bond acceptors (Lipinski definition) is 4. The molecule has 6 heteroatoms. The monoisotopic (exact) mass is 320 g/mol. The largest absolute Gasteiger partial charge is 0.465 e. The first-order valence-electron chi connectivity index (χ1n) is 7.53. The first kappa shape index (κ1) is 15.6. The van der Waals surface area contributed by atoms with Gasteiger partial charge >= 0.3 is 5.97 Å². The van der Waals surface area contributed by atoms with Gasteiger partial charge in [0.15, 0.2) is 0 Å². The number of benzene rings is 1. The Morgan fingerprint density at radius 1 is 1.39 bits per heavy atom. The van der Waals surface area contributed by atoms with Crippen LogP contribution in [0.1, 0.15) is 30.1 Å². The van der Waals surface area contributed by atoms with Gasteiger partial charge in [-0.25, -0.2) is 13.6 Å². The van der Waals surface area contributed by atoms with Crippen LogP contribution in [-0.2, 0) is 4.74 Å². The van der Waals surface area contributed by atoms with Crippen LogP contribution in [0, 0.1) is 0 Å². The summed E-state index contributed by atoms with van der Waals surface area (Å²) < 4.78 is 31.8. The molecule has 1 fully saturated rings. The highest BCUT2D eigenvalue weighted by molar-refractivity contribution is 6.04. The number of methoxy groups -OCH3 is 1. The number of nitrogens with zero attached hydrogens (tertiary/aromatic N) is 2. The van der Waals surface area contributed by atoms with Gasteiger partial charge in [-0.3, -0.25) is 4.98 Å². The number of ether oxygens (including phenoxy) is 1. The quantitative estimate of drug-likeness (QED) is 0.792. The second-order valence-electron chi connectivity index (χ2n) is 5.90. The Kier molecular flexibility index (Phi) is 3.92. The van der Waals surface area contributed by atoms with Gasteiger partial charge in [0, 0.05) is 42.7 Å². The van der Waals surface area contributed by atoms with Crippen molar-refractivity contribution in [3.63, 3.8) is 0 Å². The van der Waals surface area contributed by atoms with Crippen LogP contribution in [0.2, 0.25) is 0 Å². The van der Waals surface area contributed by atoms with Crippen LogP contribution >= 0.6 is 0 Å². The van der Waals surface area contributed by atoms with E-state index < -0.39 is 11.9 Å². The average molecular weight is 320 g/mol. The zero-order valence-corrected chi connectivity index (χ0v) is 13.1. The number of fused-ring (bicyclic) bond motifs is 1. The molecule has 1 aromatic carbocycles. The molecule has 3 rings (SSSR count). The lowest BCUT2D eigenvalue weighted by atomic mass is 9.98. The number of anilines is 1. The summed E-state index contributed by atoms with van der Waals surface area (Å²) in [7, 11) is 1.33. The van der Waals surface area contributed by atoms with E-state index in [0.29, 0.717) is 16.5 Å². The van der Waals surface area contributed by atoms with E-state index in [1.165, 1.54) is 7.11 Å². The number of carbonyl (C=O) groups is 1. The standard InChI is InChI=1S/C17H18F2N2O2/c1-11-10-17(18,19)6-8-21(11)12-3-4-15-14(9-12)13(5-7-20-15)16(22)23-2/h3-5,7,9,11H,6,8,10H2,1-2H3/t11-/m1/s1. The van der Waals surface area contributed by atoms with Crippen molar-refractivity contribution < 1.29 is 18.3 Å². The second kappa shape index (κ2) is 5.76. The first-order valence-corrected chi connectivity index (χ1v) is 7.53. The fraction of sp³-hybridized carbons (Fsp3) is 0.412. The van der Waals surface area contributed by atoms with Crippen molar-refractivity contribution in [2.45, 2.75) is 31.7 Å². The molecule has 1 aliphatic rings. The summed E-state index contributed by atoms with van der Waals surface area (Å²) >= 11 is 0. The highest BCUT2D eigenvalue weighted by atomic mass is 19.3. The third kappa shape index (κ3) is 2.98. The van der Waals surface area contributed by atoms with Gasteiger partial charge in [0.1, 0.15) is 0 Å². The zero-order chi connectivity index (χ0) is 16.6. The minimum Gasteiger partial charge on any atom is -0.465 e. The van der Waals surface area contributed by atoms with E-state index in [9.17, 15) is 13.6 Å². The third-order valence-corrected chi connectivity index (χ3v) is 4.31. The van der Waals surface area contributed by atoms with Crippen molar-refractivity contribution in [2.24, 2.45) is 0 Å². The van der Waals surface area contributed by atoms with Gasteiger partial charge in [-0.1, -0.05) is 0 Å². The van der Waals surface area contributed by atoms with Crippen molar-refractivity contribution >= 4 is 22.6 Å². The molecule has 1 aromatic heterocycles. The van der Waals surface area contributed by atoms with E-state index in [2.05, 4.69) is 4.98 Å². The molecule has 0 N–H and O–H groups in total. The Labute approximate surface area is 133 Å². The van der Waals surface area contributed by atoms with E-state index >= 15 is 0 Å². The molecular formula is C17H18F2N2O2. The van der Waals surface area contributed by atoms with E-state index in [1.54, 1.807) is 25.3 Å². The van der Waals surface area contributed by atoms with Crippen LogP contribution in [0.5, 0.6) is 0 Å². The van der Waals surface area contributed by atoms with Crippen LogP contribution in [0.4, 0.5) is 14.5 Å². The smallest absolute Gasteiger partial charge is 0.338 e. The Bertz CT molecular complexity index is 748. The van der Waals surface area contributed by atoms with Crippen LogP contribution in [-0.4, -0.2) is 36.6 Å². The van der Waals surface area contributed by atoms with Gasteiger partial charge in [-0.2, -0.15) is 0 Å². The molecule has 2 heterocycles. The molecule has 23 heavy (non-hydrogen) atoms. The van der Waals surface area contributed by atoms with Crippen LogP contribution in [0.3, 0.4) is 0 Å². The van der Waals surface area contributed by atoms with Crippen molar-refractivity contribution in [3.8, 4) is 0 Å². The number of esters is 1. The predicted octanol–water partition coefficient (Wildman–Crippen LogP) is 3.65. The van der Waals surface area contributed by atoms with Crippen molar-refractivity contribution in [1.29, 1.82) is 0 Å². The van der Waals surface area contributed by atoms with Crippen molar-refractivity contribution in [3.05, 3.63) is 36.0 Å². The van der Waals surface area contributed by atoms with Crippen LogP contribution in [0.25, 0.3) is 10.9 Å². The number of pyridine rings is 1. The highest BCUT2D eigenvalue weighted by Gasteiger charge is 2.38. The zero-order valence-electron chi connectivity index (χ0n) is 13.1. The molecule has 0 radical (unpaired) electrons. The van der Waals surface area contributed by atoms with Gasteiger partial charge in [0.2, 0.25) is 0 Å². The van der Waals surface area contributed by atoms with Crippen molar-refractivity contribution in [2.75, 3.05) is 18.6 Å². The van der Waals surface area contributed by atoms with Gasteiger partial charge in [0.25, 0.3) is 5.92 Å². The molecule has 122 valence electrons. The summed E-state index contributed by atoms with van der Waals surface area (Å²) in [6.45, 7) is 2.08. The molecule has 1 atom stereocenters. The molecule has 0 saturated carbocycles. The molecule has 0 spiro atoms. The molecule has 0 aliphatic carbocycles. The Morgan fingerprint density at radius 3 is 2.87 bits per heavy atom. The maximum Gasteiger partial charge on any atom is 0.338 e. The van der Waals surface area contributed by atoms with Gasteiger partial charge in [-0.05, 0) is 31.2 Å². The molecule has 0 bridgehead atoms. The lowest BCUT2D eigenvalue weighted by Gasteiger charge is -2.39. The van der Waals surface area contributed by atoms with Crippen molar-refractivity contribution in [1.82, 2.24) is 4.98 Å². The Morgan fingerprint density at radius 2 is 2.17 bits per heavy atom. The van der Waals surface area contributed by atoms with E-state index in [1.807, 2.05) is 17.0 Å². The molecule has 0 unspecified atom stereocenters. The summed E-state index contributed by atoms with van der Waals surface area (Å²) in [6.07, 6.45) is 1.23. The number of piperidine rings is 1. The van der Waals surface area contributed by atoms with E-state index in [-0.39, 0.29) is 25.4 Å². The second-order valence-corrected chi connectivity index (χ2v) is 5.90. The van der Waals surface area contributed by atoms with Gasteiger partial charge < -0.3 is 9.64 Å². The Hall–Kier alpha value is -2.24. The summed E-state index contributed by atoms with van der Waals surface area (Å²) in [5.41, 5.74) is 1.92. The normalized spacial score (nSPS) is 20.5. The third-order valence-electron chi connectivity index (χ3n) is 4.31. The Balaban J connectivity index is 2.01. The van der Waals surface area contributed by atoms with Crippen LogP contribution < -0.4 is 4.90 Å². The number of aromatic nitrogens is 1. The number of halogens is 2. The average Bonchev–Trinajstić information content (AvgIpc) is 2.52. The molecule has 2 aromatic rings. The molecule has 1 saturated heterocycles. The number of rotatable bonds is 2. The van der Waals surface area contributed by atoms with Gasteiger partial charge in [0.05, 0.1) is 18.2 Å². The lowest BCUT2D eigenvalue weighted by Crippen LogP contribution is -2.45. The summed E-state index contributed by atoms with van der Waals surface area (Å²) in [5.74, 6) is -3.04. The minimum absolute atomic E-state index is 0.160. The maximum absolute atomic E-state index is 13.5. The molecule has 0 amide bonds. The van der Waals surface area contributed by atoms with Crippen LogP contribution in [0.15, 0.2) is 30.5 Å². The fourth-order valence-electron chi connectivity index (χ4n) is 3.13. The minimum atomic E-state index is -2.61. The maximum atomic E-state index is 13.5. The fourth-order valence-corrected chi connectivity index (χ4v) is 3.13. The molecule has 1 aliphatic heterocycles.